The Bertz CT molecular complexity index is 335. The highest BCUT2D eigenvalue weighted by atomic mass is 16.2. The number of pyridine rings is 1. The maximum Gasteiger partial charge on any atom is 0.226 e. The Kier molecular flexibility index (Phi) is 4.43. The van der Waals surface area contributed by atoms with Crippen molar-refractivity contribution in [1.82, 2.24) is 10.3 Å². The van der Waals surface area contributed by atoms with Crippen molar-refractivity contribution in [1.29, 1.82) is 0 Å². The van der Waals surface area contributed by atoms with Gasteiger partial charge in [-0.3, -0.25) is 9.78 Å². The van der Waals surface area contributed by atoms with Crippen molar-refractivity contribution in [2.75, 3.05) is 13.1 Å². The highest BCUT2D eigenvalue weighted by molar-refractivity contribution is 5.81. The molecule has 0 spiro atoms. The van der Waals surface area contributed by atoms with Gasteiger partial charge < -0.3 is 11.1 Å². The molecule has 4 nitrogen and oxygen atoms in total. The van der Waals surface area contributed by atoms with E-state index < -0.39 is 5.41 Å². The molecule has 1 amide bonds. The Hall–Kier alpha value is -1.42. The molecule has 0 aromatic carbocycles. The summed E-state index contributed by atoms with van der Waals surface area (Å²) in [7, 11) is 0. The Labute approximate surface area is 96.3 Å². The molecule has 0 bridgehead atoms. The number of rotatable bonds is 5. The number of amides is 1. The van der Waals surface area contributed by atoms with Crippen molar-refractivity contribution in [3.8, 4) is 0 Å². The summed E-state index contributed by atoms with van der Waals surface area (Å²) in [6.07, 6.45) is 4.32. The summed E-state index contributed by atoms with van der Waals surface area (Å²) in [6, 6.07) is 3.89. The van der Waals surface area contributed by atoms with E-state index in [1.807, 2.05) is 26.0 Å². The van der Waals surface area contributed by atoms with Gasteiger partial charge >= 0.3 is 0 Å². The first kappa shape index (κ1) is 12.6. The molecule has 4 heteroatoms. The monoisotopic (exact) mass is 221 g/mol. The molecule has 0 aliphatic heterocycles. The van der Waals surface area contributed by atoms with Crippen LogP contribution in [0.4, 0.5) is 0 Å². The molecule has 0 aliphatic carbocycles. The molecule has 1 rings (SSSR count). The van der Waals surface area contributed by atoms with E-state index >= 15 is 0 Å². The fraction of sp³-hybridized carbons (Fsp3) is 0.500. The van der Waals surface area contributed by atoms with Crippen molar-refractivity contribution in [3.63, 3.8) is 0 Å². The van der Waals surface area contributed by atoms with Crippen molar-refractivity contribution in [3.05, 3.63) is 30.1 Å². The summed E-state index contributed by atoms with van der Waals surface area (Å²) in [6.45, 7) is 4.67. The number of hydrogen-bond donors (Lipinski definition) is 2. The van der Waals surface area contributed by atoms with Gasteiger partial charge in [-0.05, 0) is 38.0 Å². The average Bonchev–Trinajstić information content (AvgIpc) is 2.30. The molecule has 0 aliphatic rings. The minimum atomic E-state index is -0.488. The lowest BCUT2D eigenvalue weighted by Gasteiger charge is -2.21. The number of nitrogens with one attached hydrogen (secondary N) is 1. The van der Waals surface area contributed by atoms with Crippen LogP contribution in [-0.4, -0.2) is 24.0 Å². The maximum atomic E-state index is 11.7. The van der Waals surface area contributed by atoms with Gasteiger partial charge in [0.15, 0.2) is 0 Å². The van der Waals surface area contributed by atoms with E-state index in [2.05, 4.69) is 10.3 Å². The molecular weight excluding hydrogens is 202 g/mol. The van der Waals surface area contributed by atoms with Crippen LogP contribution in [0, 0.1) is 5.41 Å². The van der Waals surface area contributed by atoms with Gasteiger partial charge in [-0.25, -0.2) is 0 Å². The van der Waals surface area contributed by atoms with Gasteiger partial charge in [-0.2, -0.15) is 0 Å². The highest BCUT2D eigenvalue weighted by Gasteiger charge is 2.24. The van der Waals surface area contributed by atoms with Crippen LogP contribution in [0.25, 0.3) is 0 Å². The standard InChI is InChI=1S/C12H19N3O/c1-12(2,9-13)11(16)15-8-5-10-3-6-14-7-4-10/h3-4,6-7H,5,8-9,13H2,1-2H3,(H,15,16). The fourth-order valence-electron chi connectivity index (χ4n) is 1.20. The van der Waals surface area contributed by atoms with E-state index in [9.17, 15) is 4.79 Å². The largest absolute Gasteiger partial charge is 0.355 e. The highest BCUT2D eigenvalue weighted by Crippen LogP contribution is 2.11. The van der Waals surface area contributed by atoms with E-state index in [0.717, 1.165) is 6.42 Å². The number of carbonyl (C=O) groups is 1. The van der Waals surface area contributed by atoms with E-state index in [-0.39, 0.29) is 5.91 Å². The average molecular weight is 221 g/mol. The van der Waals surface area contributed by atoms with Gasteiger partial charge in [0.2, 0.25) is 5.91 Å². The Morgan fingerprint density at radius 3 is 2.62 bits per heavy atom. The van der Waals surface area contributed by atoms with Gasteiger partial charge in [0.25, 0.3) is 0 Å². The summed E-state index contributed by atoms with van der Waals surface area (Å²) >= 11 is 0. The first-order valence-corrected chi connectivity index (χ1v) is 5.43. The second kappa shape index (κ2) is 5.61. The number of nitrogens with zero attached hydrogens (tertiary/aromatic N) is 1. The van der Waals surface area contributed by atoms with Gasteiger partial charge in [0, 0.05) is 25.5 Å². The van der Waals surface area contributed by atoms with Crippen LogP contribution in [0.3, 0.4) is 0 Å². The van der Waals surface area contributed by atoms with Crippen molar-refractivity contribution in [2.24, 2.45) is 11.1 Å². The van der Waals surface area contributed by atoms with Crippen molar-refractivity contribution < 1.29 is 4.79 Å². The first-order chi connectivity index (χ1) is 7.56. The van der Waals surface area contributed by atoms with E-state index in [0.29, 0.717) is 13.1 Å². The fourth-order valence-corrected chi connectivity index (χ4v) is 1.20. The van der Waals surface area contributed by atoms with E-state index in [1.165, 1.54) is 5.56 Å². The summed E-state index contributed by atoms with van der Waals surface area (Å²) in [5.41, 5.74) is 6.20. The quantitative estimate of drug-likeness (QED) is 0.770. The number of hydrogen-bond acceptors (Lipinski definition) is 3. The molecule has 0 saturated heterocycles. The topological polar surface area (TPSA) is 68.0 Å². The van der Waals surface area contributed by atoms with Crippen LogP contribution in [0.2, 0.25) is 0 Å². The summed E-state index contributed by atoms with van der Waals surface area (Å²) in [4.78, 5) is 15.6. The minimum absolute atomic E-state index is 0.00376. The van der Waals surface area contributed by atoms with Gasteiger partial charge in [-0.1, -0.05) is 0 Å². The normalized spacial score (nSPS) is 11.2. The molecule has 3 N–H and O–H groups in total. The minimum Gasteiger partial charge on any atom is -0.355 e. The van der Waals surface area contributed by atoms with Gasteiger partial charge in [0.05, 0.1) is 5.41 Å². The molecule has 1 aromatic rings. The molecular formula is C12H19N3O. The molecule has 1 aromatic heterocycles. The molecule has 0 unspecified atom stereocenters. The smallest absolute Gasteiger partial charge is 0.226 e. The molecule has 0 fully saturated rings. The predicted octanol–water partition coefficient (Wildman–Crippen LogP) is 0.725. The summed E-state index contributed by atoms with van der Waals surface area (Å²) in [5.74, 6) is 0.00376. The Morgan fingerprint density at radius 2 is 2.06 bits per heavy atom. The SMILES string of the molecule is CC(C)(CN)C(=O)NCCc1ccncc1. The molecule has 0 atom stereocenters. The van der Waals surface area contributed by atoms with E-state index in [4.69, 9.17) is 5.73 Å². The predicted molar refractivity (Wildman–Crippen MR) is 63.8 cm³/mol. The lowest BCUT2D eigenvalue weighted by atomic mass is 9.93. The summed E-state index contributed by atoms with van der Waals surface area (Å²) < 4.78 is 0. The van der Waals surface area contributed by atoms with Crippen molar-refractivity contribution >= 4 is 5.91 Å². The number of aromatic nitrogens is 1. The third kappa shape index (κ3) is 3.62. The first-order valence-electron chi connectivity index (χ1n) is 5.43. The van der Waals surface area contributed by atoms with Crippen LogP contribution in [0.5, 0.6) is 0 Å². The third-order valence-electron chi connectivity index (χ3n) is 2.57. The molecule has 0 saturated carbocycles. The van der Waals surface area contributed by atoms with Crippen LogP contribution in [0.15, 0.2) is 24.5 Å². The summed E-state index contributed by atoms with van der Waals surface area (Å²) in [5, 5.41) is 2.88. The second-order valence-electron chi connectivity index (χ2n) is 4.45. The van der Waals surface area contributed by atoms with Crippen LogP contribution in [0.1, 0.15) is 19.4 Å². The van der Waals surface area contributed by atoms with Crippen LogP contribution < -0.4 is 11.1 Å². The number of carbonyl (C=O) groups excluding carboxylic acids is 1. The van der Waals surface area contributed by atoms with Crippen LogP contribution >= 0.6 is 0 Å². The van der Waals surface area contributed by atoms with Crippen molar-refractivity contribution in [2.45, 2.75) is 20.3 Å². The molecule has 88 valence electrons. The van der Waals surface area contributed by atoms with Gasteiger partial charge in [0.1, 0.15) is 0 Å². The maximum absolute atomic E-state index is 11.7. The lowest BCUT2D eigenvalue weighted by molar-refractivity contribution is -0.128. The zero-order chi connectivity index (χ0) is 12.0. The zero-order valence-corrected chi connectivity index (χ0v) is 9.86. The second-order valence-corrected chi connectivity index (χ2v) is 4.45. The van der Waals surface area contributed by atoms with Crippen LogP contribution in [-0.2, 0) is 11.2 Å². The van der Waals surface area contributed by atoms with E-state index in [1.54, 1.807) is 12.4 Å². The zero-order valence-electron chi connectivity index (χ0n) is 9.86. The molecule has 0 radical (unpaired) electrons. The number of nitrogens with two attached hydrogens (primary N) is 1. The molecule has 1 heterocycles. The lowest BCUT2D eigenvalue weighted by Crippen LogP contribution is -2.42. The van der Waals surface area contributed by atoms with Gasteiger partial charge in [-0.15, -0.1) is 0 Å². The third-order valence-corrected chi connectivity index (χ3v) is 2.57. The Balaban J connectivity index is 2.34. The Morgan fingerprint density at radius 1 is 1.44 bits per heavy atom. The molecule has 16 heavy (non-hydrogen) atoms.